The van der Waals surface area contributed by atoms with Gasteiger partial charge in [-0.25, -0.2) is 4.98 Å². The minimum atomic E-state index is -0.170. The van der Waals surface area contributed by atoms with Gasteiger partial charge in [-0.05, 0) is 38.5 Å². The number of nitrogens with one attached hydrogen (secondary N) is 1. The SMILES string of the molecule is CCc1nn2c(=O)cc(CNc3ccc(OC(C)C)c(Cl)c3)nc2s1. The van der Waals surface area contributed by atoms with Crippen molar-refractivity contribution in [2.45, 2.75) is 39.8 Å². The summed E-state index contributed by atoms with van der Waals surface area (Å²) in [5.74, 6) is 0.650. The van der Waals surface area contributed by atoms with Crippen LogP contribution in [0, 0.1) is 0 Å². The molecule has 0 unspecified atom stereocenters. The molecule has 3 rings (SSSR count). The Kier molecular flexibility index (Phi) is 5.24. The molecule has 0 spiro atoms. The van der Waals surface area contributed by atoms with E-state index in [0.717, 1.165) is 17.1 Å². The van der Waals surface area contributed by atoms with Crippen LogP contribution in [0.1, 0.15) is 31.5 Å². The van der Waals surface area contributed by atoms with Gasteiger partial charge in [0.2, 0.25) is 4.96 Å². The molecule has 3 aromatic rings. The van der Waals surface area contributed by atoms with Crippen LogP contribution in [-0.2, 0) is 13.0 Å². The molecule has 2 heterocycles. The Bertz CT molecular complexity index is 951. The van der Waals surface area contributed by atoms with Gasteiger partial charge in [0.15, 0.2) is 0 Å². The molecule has 6 nitrogen and oxygen atoms in total. The highest BCUT2D eigenvalue weighted by Gasteiger charge is 2.09. The first kappa shape index (κ1) is 17.7. The van der Waals surface area contributed by atoms with Gasteiger partial charge in [-0.15, -0.1) is 0 Å². The zero-order valence-corrected chi connectivity index (χ0v) is 15.8. The van der Waals surface area contributed by atoms with E-state index in [-0.39, 0.29) is 11.7 Å². The highest BCUT2D eigenvalue weighted by atomic mass is 35.5. The lowest BCUT2D eigenvalue weighted by Gasteiger charge is -2.13. The van der Waals surface area contributed by atoms with E-state index in [1.807, 2.05) is 32.9 Å². The predicted octanol–water partition coefficient (Wildman–Crippen LogP) is 3.77. The molecule has 0 saturated heterocycles. The van der Waals surface area contributed by atoms with Crippen molar-refractivity contribution < 1.29 is 4.74 Å². The first-order chi connectivity index (χ1) is 12.0. The second-order valence-electron chi connectivity index (χ2n) is 5.79. The first-order valence-corrected chi connectivity index (χ1v) is 9.24. The summed E-state index contributed by atoms with van der Waals surface area (Å²) in [6.45, 7) is 6.33. The van der Waals surface area contributed by atoms with Crippen LogP contribution >= 0.6 is 22.9 Å². The molecule has 0 radical (unpaired) electrons. The van der Waals surface area contributed by atoms with Gasteiger partial charge >= 0.3 is 0 Å². The van der Waals surface area contributed by atoms with Crippen LogP contribution in [0.2, 0.25) is 5.02 Å². The van der Waals surface area contributed by atoms with E-state index in [2.05, 4.69) is 15.4 Å². The van der Waals surface area contributed by atoms with E-state index < -0.39 is 0 Å². The fourth-order valence-corrected chi connectivity index (χ4v) is 3.37. The summed E-state index contributed by atoms with van der Waals surface area (Å²) in [4.78, 5) is 17.3. The third kappa shape index (κ3) is 4.11. The van der Waals surface area contributed by atoms with E-state index in [9.17, 15) is 4.79 Å². The first-order valence-electron chi connectivity index (χ1n) is 8.05. The number of hydrogen-bond acceptors (Lipinski definition) is 6. The number of fused-ring (bicyclic) bond motifs is 1. The van der Waals surface area contributed by atoms with Crippen molar-refractivity contribution in [2.24, 2.45) is 0 Å². The van der Waals surface area contributed by atoms with Crippen LogP contribution in [0.15, 0.2) is 29.1 Å². The molecule has 0 aliphatic rings. The number of aromatic nitrogens is 3. The Labute approximate surface area is 154 Å². The van der Waals surface area contributed by atoms with E-state index in [1.54, 1.807) is 6.07 Å². The Balaban J connectivity index is 1.76. The van der Waals surface area contributed by atoms with Gasteiger partial charge in [-0.1, -0.05) is 29.9 Å². The Hall–Kier alpha value is -2.12. The second kappa shape index (κ2) is 7.41. The average Bonchev–Trinajstić information content (AvgIpc) is 2.99. The average molecular weight is 379 g/mol. The van der Waals surface area contributed by atoms with Crippen molar-refractivity contribution in [1.82, 2.24) is 14.6 Å². The molecule has 132 valence electrons. The van der Waals surface area contributed by atoms with Gasteiger partial charge in [0.05, 0.1) is 23.4 Å². The number of nitrogens with zero attached hydrogens (tertiary/aromatic N) is 3. The fraction of sp³-hybridized carbons (Fsp3) is 0.353. The lowest BCUT2D eigenvalue weighted by Crippen LogP contribution is -2.16. The zero-order valence-electron chi connectivity index (χ0n) is 14.2. The Morgan fingerprint density at radius 1 is 1.36 bits per heavy atom. The molecule has 25 heavy (non-hydrogen) atoms. The van der Waals surface area contributed by atoms with Crippen molar-refractivity contribution in [1.29, 1.82) is 0 Å². The smallest absolute Gasteiger partial charge is 0.275 e. The van der Waals surface area contributed by atoms with Crippen LogP contribution in [0.3, 0.4) is 0 Å². The highest BCUT2D eigenvalue weighted by Crippen LogP contribution is 2.28. The quantitative estimate of drug-likeness (QED) is 0.707. The summed E-state index contributed by atoms with van der Waals surface area (Å²) in [5, 5.41) is 8.90. The van der Waals surface area contributed by atoms with E-state index in [0.29, 0.717) is 28.0 Å². The third-order valence-corrected chi connectivity index (χ3v) is 4.76. The maximum Gasteiger partial charge on any atom is 0.275 e. The number of benzene rings is 1. The molecule has 1 aromatic carbocycles. The topological polar surface area (TPSA) is 68.5 Å². The number of hydrogen-bond donors (Lipinski definition) is 1. The molecule has 8 heteroatoms. The lowest BCUT2D eigenvalue weighted by atomic mass is 10.3. The van der Waals surface area contributed by atoms with E-state index >= 15 is 0 Å². The van der Waals surface area contributed by atoms with Gasteiger partial charge in [-0.3, -0.25) is 4.79 Å². The third-order valence-electron chi connectivity index (χ3n) is 3.41. The summed E-state index contributed by atoms with van der Waals surface area (Å²) in [7, 11) is 0. The minimum absolute atomic E-state index is 0.0626. The molecule has 1 N–H and O–H groups in total. The summed E-state index contributed by atoms with van der Waals surface area (Å²) >= 11 is 7.67. The maximum atomic E-state index is 12.1. The van der Waals surface area contributed by atoms with Crippen molar-refractivity contribution in [2.75, 3.05) is 5.32 Å². The lowest BCUT2D eigenvalue weighted by molar-refractivity contribution is 0.242. The van der Waals surface area contributed by atoms with Crippen molar-refractivity contribution >= 4 is 33.6 Å². The van der Waals surface area contributed by atoms with Crippen LogP contribution in [0.4, 0.5) is 5.69 Å². The minimum Gasteiger partial charge on any atom is -0.489 e. The molecule has 0 saturated carbocycles. The molecular formula is C17H19ClN4O2S. The monoisotopic (exact) mass is 378 g/mol. The van der Waals surface area contributed by atoms with Crippen LogP contribution in [-0.4, -0.2) is 20.7 Å². The molecule has 0 fully saturated rings. The van der Waals surface area contributed by atoms with Crippen molar-refractivity contribution in [3.63, 3.8) is 0 Å². The normalized spacial score (nSPS) is 11.2. The van der Waals surface area contributed by atoms with E-state index in [4.69, 9.17) is 16.3 Å². The van der Waals surface area contributed by atoms with Gasteiger partial charge in [0.25, 0.3) is 5.56 Å². The standard InChI is InChI=1S/C17H19ClN4O2S/c1-4-15-21-22-16(23)8-12(20-17(22)25-15)9-19-11-5-6-14(13(18)7-11)24-10(2)3/h5-8,10,19H,4,9H2,1-3H3. The van der Waals surface area contributed by atoms with Gasteiger partial charge in [0.1, 0.15) is 10.8 Å². The van der Waals surface area contributed by atoms with Crippen LogP contribution < -0.4 is 15.6 Å². The maximum absolute atomic E-state index is 12.1. The molecule has 0 atom stereocenters. The molecule has 2 aromatic heterocycles. The molecule has 0 aliphatic carbocycles. The van der Waals surface area contributed by atoms with Crippen molar-refractivity contribution in [3.8, 4) is 5.75 Å². The number of ether oxygens (including phenoxy) is 1. The fourth-order valence-electron chi connectivity index (χ4n) is 2.28. The predicted molar refractivity (Wildman–Crippen MR) is 101 cm³/mol. The number of rotatable bonds is 6. The van der Waals surface area contributed by atoms with Crippen LogP contribution in [0.25, 0.3) is 4.96 Å². The molecule has 0 bridgehead atoms. The summed E-state index contributed by atoms with van der Waals surface area (Å²) in [6, 6.07) is 7.01. The Morgan fingerprint density at radius 2 is 2.16 bits per heavy atom. The molecule has 0 amide bonds. The van der Waals surface area contributed by atoms with Gasteiger partial charge < -0.3 is 10.1 Å². The number of halogens is 1. The second-order valence-corrected chi connectivity index (χ2v) is 7.24. The van der Waals surface area contributed by atoms with Crippen LogP contribution in [0.5, 0.6) is 5.75 Å². The van der Waals surface area contributed by atoms with E-state index in [1.165, 1.54) is 21.9 Å². The largest absolute Gasteiger partial charge is 0.489 e. The van der Waals surface area contributed by atoms with Gasteiger partial charge in [-0.2, -0.15) is 9.61 Å². The van der Waals surface area contributed by atoms with Crippen molar-refractivity contribution in [3.05, 3.63) is 50.3 Å². The molecular weight excluding hydrogens is 360 g/mol. The number of aryl methyl sites for hydroxylation is 1. The Morgan fingerprint density at radius 3 is 2.84 bits per heavy atom. The summed E-state index contributed by atoms with van der Waals surface area (Å²) in [6.07, 6.45) is 0.845. The van der Waals surface area contributed by atoms with Gasteiger partial charge in [0, 0.05) is 11.8 Å². The highest BCUT2D eigenvalue weighted by molar-refractivity contribution is 7.16. The zero-order chi connectivity index (χ0) is 18.0. The summed E-state index contributed by atoms with van der Waals surface area (Å²) < 4.78 is 6.97. The summed E-state index contributed by atoms with van der Waals surface area (Å²) in [5.41, 5.74) is 1.33. The number of anilines is 1. The molecule has 0 aliphatic heterocycles.